The summed E-state index contributed by atoms with van der Waals surface area (Å²) >= 11 is 0. The van der Waals surface area contributed by atoms with E-state index in [4.69, 9.17) is 9.84 Å². The first kappa shape index (κ1) is 9.37. The Balaban J connectivity index is 2.18. The second kappa shape index (κ2) is 3.19. The molecule has 0 aliphatic carbocycles. The molecular formula is C9H16FNO2. The molecule has 1 spiro atoms. The van der Waals surface area contributed by atoms with Gasteiger partial charge in [0.05, 0.1) is 6.61 Å². The number of ether oxygens (including phenoxy) is 1. The van der Waals surface area contributed by atoms with Crippen molar-refractivity contribution in [1.29, 1.82) is 0 Å². The Morgan fingerprint density at radius 2 is 2.00 bits per heavy atom. The number of nitrogens with one attached hydrogen (secondary N) is 1. The molecule has 0 radical (unpaired) electrons. The molecule has 2 aliphatic heterocycles. The van der Waals surface area contributed by atoms with Crippen molar-refractivity contribution in [2.24, 2.45) is 5.41 Å². The van der Waals surface area contributed by atoms with Crippen LogP contribution in [0.3, 0.4) is 0 Å². The van der Waals surface area contributed by atoms with Crippen LogP contribution in [0.15, 0.2) is 0 Å². The number of hydrogen-bond acceptors (Lipinski definition) is 3. The largest absolute Gasteiger partial charge is 0.393 e. The van der Waals surface area contributed by atoms with Crippen LogP contribution in [0, 0.1) is 5.41 Å². The molecule has 2 N–H and O–H groups in total. The molecule has 0 bridgehead atoms. The number of aliphatic hydroxyl groups excluding tert-OH is 1. The van der Waals surface area contributed by atoms with Crippen LogP contribution < -0.4 is 5.32 Å². The first-order valence-corrected chi connectivity index (χ1v) is 4.81. The minimum atomic E-state index is -1.43. The van der Waals surface area contributed by atoms with Crippen LogP contribution in [0.5, 0.6) is 0 Å². The molecule has 2 aliphatic rings. The molecule has 0 aromatic rings. The second-order valence-corrected chi connectivity index (χ2v) is 4.12. The predicted octanol–water partition coefficient (Wildman–Crippen LogP) is 0.0870. The van der Waals surface area contributed by atoms with Crippen LogP contribution in [0.1, 0.15) is 12.8 Å². The third-order valence-electron chi connectivity index (χ3n) is 3.52. The fourth-order valence-electron chi connectivity index (χ4n) is 2.46. The summed E-state index contributed by atoms with van der Waals surface area (Å²) in [5, 5.41) is 12.1. The summed E-state index contributed by atoms with van der Waals surface area (Å²) < 4.78 is 19.4. The van der Waals surface area contributed by atoms with Crippen molar-refractivity contribution in [2.45, 2.75) is 18.5 Å². The Kier molecular flexibility index (Phi) is 2.30. The third-order valence-corrected chi connectivity index (χ3v) is 3.52. The molecule has 13 heavy (non-hydrogen) atoms. The molecule has 76 valence electrons. The van der Waals surface area contributed by atoms with E-state index in [1.165, 1.54) is 0 Å². The lowest BCUT2D eigenvalue weighted by Crippen LogP contribution is -2.49. The standard InChI is InChI=1S/C9H16FNO2/c10-9(7-12)6-11-5-8(9)1-3-13-4-2-8/h11-12H,1-7H2. The van der Waals surface area contributed by atoms with Gasteiger partial charge >= 0.3 is 0 Å². The van der Waals surface area contributed by atoms with Gasteiger partial charge in [0.15, 0.2) is 5.67 Å². The average molecular weight is 189 g/mol. The highest BCUT2D eigenvalue weighted by Gasteiger charge is 2.55. The maximum Gasteiger partial charge on any atom is 0.153 e. The monoisotopic (exact) mass is 189 g/mol. The van der Waals surface area contributed by atoms with Crippen molar-refractivity contribution in [2.75, 3.05) is 32.9 Å². The van der Waals surface area contributed by atoms with E-state index in [0.29, 0.717) is 19.8 Å². The molecule has 0 amide bonds. The SMILES string of the molecule is OCC1(F)CNCC12CCOCC2. The van der Waals surface area contributed by atoms with Gasteiger partial charge < -0.3 is 15.2 Å². The van der Waals surface area contributed by atoms with Gasteiger partial charge in [0, 0.05) is 31.7 Å². The van der Waals surface area contributed by atoms with E-state index < -0.39 is 5.67 Å². The molecule has 2 heterocycles. The minimum Gasteiger partial charge on any atom is -0.393 e. The van der Waals surface area contributed by atoms with E-state index in [0.717, 1.165) is 12.8 Å². The molecule has 0 aromatic heterocycles. The van der Waals surface area contributed by atoms with E-state index >= 15 is 0 Å². The number of rotatable bonds is 1. The van der Waals surface area contributed by atoms with E-state index in [2.05, 4.69) is 5.32 Å². The molecule has 1 atom stereocenters. The molecule has 3 nitrogen and oxygen atoms in total. The zero-order valence-corrected chi connectivity index (χ0v) is 7.68. The lowest BCUT2D eigenvalue weighted by Gasteiger charge is -2.41. The smallest absolute Gasteiger partial charge is 0.153 e. The van der Waals surface area contributed by atoms with Gasteiger partial charge in [0.1, 0.15) is 0 Å². The van der Waals surface area contributed by atoms with E-state index in [1.54, 1.807) is 0 Å². The Bertz CT molecular complexity index is 194. The van der Waals surface area contributed by atoms with Gasteiger partial charge in [0.2, 0.25) is 0 Å². The van der Waals surface area contributed by atoms with Gasteiger partial charge in [-0.3, -0.25) is 0 Å². The number of halogens is 1. The molecule has 2 saturated heterocycles. The topological polar surface area (TPSA) is 41.5 Å². The van der Waals surface area contributed by atoms with Gasteiger partial charge in [-0.25, -0.2) is 4.39 Å². The molecule has 4 heteroatoms. The Hall–Kier alpha value is -0.190. The second-order valence-electron chi connectivity index (χ2n) is 4.12. The fourth-order valence-corrected chi connectivity index (χ4v) is 2.46. The summed E-state index contributed by atoms with van der Waals surface area (Å²) in [5.74, 6) is 0. The number of alkyl halides is 1. The van der Waals surface area contributed by atoms with Gasteiger partial charge in [-0.05, 0) is 12.8 Å². The highest BCUT2D eigenvalue weighted by molar-refractivity contribution is 5.07. The summed E-state index contributed by atoms with van der Waals surface area (Å²) in [4.78, 5) is 0. The summed E-state index contributed by atoms with van der Waals surface area (Å²) in [6.07, 6.45) is 1.44. The van der Waals surface area contributed by atoms with E-state index in [1.807, 2.05) is 0 Å². The zero-order chi connectivity index (χ0) is 9.36. The van der Waals surface area contributed by atoms with E-state index in [9.17, 15) is 4.39 Å². The van der Waals surface area contributed by atoms with Crippen molar-refractivity contribution >= 4 is 0 Å². The van der Waals surface area contributed by atoms with Crippen LogP contribution >= 0.6 is 0 Å². The van der Waals surface area contributed by atoms with Crippen LogP contribution in [-0.4, -0.2) is 43.7 Å². The van der Waals surface area contributed by atoms with Gasteiger partial charge in [-0.15, -0.1) is 0 Å². The Morgan fingerprint density at radius 3 is 2.62 bits per heavy atom. The molecular weight excluding hydrogens is 173 g/mol. The van der Waals surface area contributed by atoms with Gasteiger partial charge in [0.25, 0.3) is 0 Å². The van der Waals surface area contributed by atoms with Crippen LogP contribution in [0.4, 0.5) is 4.39 Å². The molecule has 2 rings (SSSR count). The zero-order valence-electron chi connectivity index (χ0n) is 7.68. The molecule has 0 aromatic carbocycles. The summed E-state index contributed by atoms with van der Waals surface area (Å²) in [6.45, 7) is 1.82. The first-order chi connectivity index (χ1) is 6.22. The molecule has 2 fully saturated rings. The highest BCUT2D eigenvalue weighted by atomic mass is 19.1. The summed E-state index contributed by atoms with van der Waals surface area (Å²) in [6, 6.07) is 0. The van der Waals surface area contributed by atoms with Crippen LogP contribution in [0.25, 0.3) is 0 Å². The van der Waals surface area contributed by atoms with Crippen molar-refractivity contribution in [3.05, 3.63) is 0 Å². The van der Waals surface area contributed by atoms with Crippen molar-refractivity contribution in [3.8, 4) is 0 Å². The lowest BCUT2D eigenvalue weighted by atomic mass is 9.70. The molecule has 0 saturated carbocycles. The minimum absolute atomic E-state index is 0.281. The number of aliphatic hydroxyl groups is 1. The first-order valence-electron chi connectivity index (χ1n) is 4.81. The average Bonchev–Trinajstić information content (AvgIpc) is 2.47. The maximum atomic E-state index is 14.2. The number of hydrogen-bond donors (Lipinski definition) is 2. The summed E-state index contributed by atoms with van der Waals surface area (Å²) in [5.41, 5.74) is -1.81. The van der Waals surface area contributed by atoms with Crippen molar-refractivity contribution in [3.63, 3.8) is 0 Å². The van der Waals surface area contributed by atoms with Gasteiger partial charge in [-0.1, -0.05) is 0 Å². The lowest BCUT2D eigenvalue weighted by molar-refractivity contribution is -0.0770. The Labute approximate surface area is 77.3 Å². The maximum absolute atomic E-state index is 14.2. The van der Waals surface area contributed by atoms with E-state index in [-0.39, 0.29) is 18.6 Å². The van der Waals surface area contributed by atoms with Crippen molar-refractivity contribution in [1.82, 2.24) is 5.32 Å². The Morgan fingerprint density at radius 1 is 1.31 bits per heavy atom. The van der Waals surface area contributed by atoms with Crippen molar-refractivity contribution < 1.29 is 14.2 Å². The molecule has 1 unspecified atom stereocenters. The van der Waals surface area contributed by atoms with Gasteiger partial charge in [-0.2, -0.15) is 0 Å². The quantitative estimate of drug-likeness (QED) is 0.614. The fraction of sp³-hybridized carbons (Fsp3) is 1.00. The van der Waals surface area contributed by atoms with Crippen LogP contribution in [0.2, 0.25) is 0 Å². The summed E-state index contributed by atoms with van der Waals surface area (Å²) in [7, 11) is 0. The van der Waals surface area contributed by atoms with Crippen LogP contribution in [-0.2, 0) is 4.74 Å². The predicted molar refractivity (Wildman–Crippen MR) is 46.3 cm³/mol. The third kappa shape index (κ3) is 1.28. The normalized spacial score (nSPS) is 38.3. The highest BCUT2D eigenvalue weighted by Crippen LogP contribution is 2.45.